The summed E-state index contributed by atoms with van der Waals surface area (Å²) >= 11 is 3.34. The molecule has 17 heavy (non-hydrogen) atoms. The van der Waals surface area contributed by atoms with Crippen molar-refractivity contribution < 1.29 is 4.79 Å². The molecule has 0 heterocycles. The van der Waals surface area contributed by atoms with E-state index in [2.05, 4.69) is 21.2 Å². The SMILES string of the molecule is CC(C)NC(=O)/C(C#N)=C\c1cccc(Br)c1. The van der Waals surface area contributed by atoms with Crippen LogP contribution in [0.25, 0.3) is 6.08 Å². The van der Waals surface area contributed by atoms with Crippen LogP contribution in [0.3, 0.4) is 0 Å². The minimum atomic E-state index is -0.345. The number of amides is 1. The van der Waals surface area contributed by atoms with Crippen molar-refractivity contribution in [2.45, 2.75) is 19.9 Å². The van der Waals surface area contributed by atoms with E-state index in [1.54, 1.807) is 6.08 Å². The van der Waals surface area contributed by atoms with Crippen LogP contribution >= 0.6 is 15.9 Å². The molecule has 0 aliphatic rings. The molecule has 0 aliphatic carbocycles. The Labute approximate surface area is 109 Å². The molecule has 4 heteroatoms. The van der Waals surface area contributed by atoms with Crippen LogP contribution in [-0.4, -0.2) is 11.9 Å². The zero-order chi connectivity index (χ0) is 12.8. The van der Waals surface area contributed by atoms with Crippen LogP contribution in [0.15, 0.2) is 34.3 Å². The fourth-order valence-corrected chi connectivity index (χ4v) is 1.67. The molecule has 1 rings (SSSR count). The van der Waals surface area contributed by atoms with E-state index in [0.717, 1.165) is 10.0 Å². The molecule has 0 atom stereocenters. The highest BCUT2D eigenvalue weighted by atomic mass is 79.9. The predicted octanol–water partition coefficient (Wildman–Crippen LogP) is 2.88. The van der Waals surface area contributed by atoms with Crippen molar-refractivity contribution >= 4 is 27.9 Å². The van der Waals surface area contributed by atoms with Gasteiger partial charge in [0, 0.05) is 10.5 Å². The molecule has 0 spiro atoms. The van der Waals surface area contributed by atoms with E-state index in [4.69, 9.17) is 5.26 Å². The Morgan fingerprint density at radius 3 is 2.76 bits per heavy atom. The van der Waals surface area contributed by atoms with Crippen molar-refractivity contribution in [1.29, 1.82) is 5.26 Å². The van der Waals surface area contributed by atoms with Gasteiger partial charge in [0.15, 0.2) is 0 Å². The van der Waals surface area contributed by atoms with Crippen LogP contribution in [-0.2, 0) is 4.79 Å². The van der Waals surface area contributed by atoms with E-state index < -0.39 is 0 Å². The van der Waals surface area contributed by atoms with Gasteiger partial charge in [-0.1, -0.05) is 28.1 Å². The monoisotopic (exact) mass is 292 g/mol. The summed E-state index contributed by atoms with van der Waals surface area (Å²) in [5.41, 5.74) is 0.923. The van der Waals surface area contributed by atoms with E-state index >= 15 is 0 Å². The molecule has 1 aromatic rings. The fraction of sp³-hybridized carbons (Fsp3) is 0.231. The van der Waals surface area contributed by atoms with Gasteiger partial charge in [-0.05, 0) is 37.6 Å². The van der Waals surface area contributed by atoms with Crippen LogP contribution in [0, 0.1) is 11.3 Å². The third-order valence-corrected chi connectivity index (χ3v) is 2.44. The second-order valence-corrected chi connectivity index (χ2v) is 4.77. The summed E-state index contributed by atoms with van der Waals surface area (Å²) in [6.45, 7) is 3.71. The molecule has 0 aromatic heterocycles. The number of carbonyl (C=O) groups is 1. The Hall–Kier alpha value is -1.60. The Balaban J connectivity index is 2.95. The Morgan fingerprint density at radius 2 is 2.24 bits per heavy atom. The summed E-state index contributed by atoms with van der Waals surface area (Å²) in [5.74, 6) is -0.345. The van der Waals surface area contributed by atoms with Gasteiger partial charge in [-0.25, -0.2) is 0 Å². The van der Waals surface area contributed by atoms with Crippen LogP contribution in [0.1, 0.15) is 19.4 Å². The molecule has 0 saturated heterocycles. The first kappa shape index (κ1) is 13.5. The quantitative estimate of drug-likeness (QED) is 0.688. The van der Waals surface area contributed by atoms with Gasteiger partial charge < -0.3 is 5.32 Å². The standard InChI is InChI=1S/C13H13BrN2O/c1-9(2)16-13(17)11(8-15)6-10-4-3-5-12(14)7-10/h3-7,9H,1-2H3,(H,16,17)/b11-6-. The summed E-state index contributed by atoms with van der Waals surface area (Å²) in [5, 5.41) is 11.6. The lowest BCUT2D eigenvalue weighted by Gasteiger charge is -2.06. The number of nitriles is 1. The lowest BCUT2D eigenvalue weighted by Crippen LogP contribution is -2.30. The second kappa shape index (κ2) is 6.21. The van der Waals surface area contributed by atoms with E-state index in [9.17, 15) is 4.79 Å². The van der Waals surface area contributed by atoms with E-state index in [0.29, 0.717) is 0 Å². The molecule has 0 saturated carbocycles. The summed E-state index contributed by atoms with van der Waals surface area (Å²) in [4.78, 5) is 11.7. The van der Waals surface area contributed by atoms with Crippen molar-refractivity contribution in [3.63, 3.8) is 0 Å². The van der Waals surface area contributed by atoms with E-state index in [1.165, 1.54) is 0 Å². The number of nitrogens with zero attached hydrogens (tertiary/aromatic N) is 1. The van der Waals surface area contributed by atoms with Crippen molar-refractivity contribution in [2.24, 2.45) is 0 Å². The topological polar surface area (TPSA) is 52.9 Å². The molecule has 3 nitrogen and oxygen atoms in total. The largest absolute Gasteiger partial charge is 0.349 e. The number of benzene rings is 1. The van der Waals surface area contributed by atoms with E-state index in [-0.39, 0.29) is 17.5 Å². The van der Waals surface area contributed by atoms with Gasteiger partial charge in [0.25, 0.3) is 5.91 Å². The van der Waals surface area contributed by atoms with Gasteiger partial charge in [0.1, 0.15) is 11.6 Å². The van der Waals surface area contributed by atoms with Crippen LogP contribution in [0.5, 0.6) is 0 Å². The molecule has 1 aromatic carbocycles. The van der Waals surface area contributed by atoms with Gasteiger partial charge in [-0.3, -0.25) is 4.79 Å². The zero-order valence-electron chi connectivity index (χ0n) is 9.70. The number of halogens is 1. The predicted molar refractivity (Wildman–Crippen MR) is 71.0 cm³/mol. The molecule has 1 N–H and O–H groups in total. The molecular weight excluding hydrogens is 280 g/mol. The van der Waals surface area contributed by atoms with Gasteiger partial charge >= 0.3 is 0 Å². The summed E-state index contributed by atoms with van der Waals surface area (Å²) in [7, 11) is 0. The first-order valence-electron chi connectivity index (χ1n) is 5.21. The number of nitrogens with one attached hydrogen (secondary N) is 1. The minimum absolute atomic E-state index is 0.0155. The van der Waals surface area contributed by atoms with Crippen LogP contribution in [0.2, 0.25) is 0 Å². The van der Waals surface area contributed by atoms with Crippen molar-refractivity contribution in [2.75, 3.05) is 0 Å². The number of rotatable bonds is 3. The lowest BCUT2D eigenvalue weighted by molar-refractivity contribution is -0.117. The first-order valence-corrected chi connectivity index (χ1v) is 6.00. The Bertz CT molecular complexity index is 486. The maximum absolute atomic E-state index is 11.7. The van der Waals surface area contributed by atoms with Crippen molar-refractivity contribution in [3.05, 3.63) is 39.9 Å². The average molecular weight is 293 g/mol. The van der Waals surface area contributed by atoms with E-state index in [1.807, 2.05) is 44.2 Å². The molecule has 0 radical (unpaired) electrons. The molecule has 88 valence electrons. The molecule has 1 amide bonds. The zero-order valence-corrected chi connectivity index (χ0v) is 11.3. The third kappa shape index (κ3) is 4.41. The second-order valence-electron chi connectivity index (χ2n) is 3.85. The smallest absolute Gasteiger partial charge is 0.262 e. The normalized spacial score (nSPS) is 11.1. The summed E-state index contributed by atoms with van der Waals surface area (Å²) in [6.07, 6.45) is 1.57. The van der Waals surface area contributed by atoms with Crippen LogP contribution < -0.4 is 5.32 Å². The van der Waals surface area contributed by atoms with Crippen molar-refractivity contribution in [3.8, 4) is 6.07 Å². The molecule has 0 aliphatic heterocycles. The van der Waals surface area contributed by atoms with Gasteiger partial charge in [0.2, 0.25) is 0 Å². The summed E-state index contributed by atoms with van der Waals surface area (Å²) < 4.78 is 0.910. The number of carbonyl (C=O) groups excluding carboxylic acids is 1. The average Bonchev–Trinajstić information content (AvgIpc) is 2.24. The fourth-order valence-electron chi connectivity index (χ4n) is 1.25. The molecule has 0 fully saturated rings. The Kier molecular flexibility index (Phi) is 4.92. The highest BCUT2D eigenvalue weighted by molar-refractivity contribution is 9.10. The van der Waals surface area contributed by atoms with Gasteiger partial charge in [-0.2, -0.15) is 5.26 Å². The van der Waals surface area contributed by atoms with Gasteiger partial charge in [0.05, 0.1) is 0 Å². The minimum Gasteiger partial charge on any atom is -0.349 e. The number of hydrogen-bond acceptors (Lipinski definition) is 2. The van der Waals surface area contributed by atoms with Crippen LogP contribution in [0.4, 0.5) is 0 Å². The summed E-state index contributed by atoms with van der Waals surface area (Å²) in [6, 6.07) is 9.35. The molecule has 0 bridgehead atoms. The van der Waals surface area contributed by atoms with Gasteiger partial charge in [-0.15, -0.1) is 0 Å². The molecule has 0 unspecified atom stereocenters. The highest BCUT2D eigenvalue weighted by Gasteiger charge is 2.09. The van der Waals surface area contributed by atoms with Crippen molar-refractivity contribution in [1.82, 2.24) is 5.32 Å². The third-order valence-electron chi connectivity index (χ3n) is 1.94. The first-order chi connectivity index (χ1) is 8.02. The maximum Gasteiger partial charge on any atom is 0.262 e. The molecular formula is C13H13BrN2O. The maximum atomic E-state index is 11.7. The Morgan fingerprint density at radius 1 is 1.53 bits per heavy atom. The lowest BCUT2D eigenvalue weighted by atomic mass is 10.1. The highest BCUT2D eigenvalue weighted by Crippen LogP contribution is 2.14. The number of hydrogen-bond donors (Lipinski definition) is 1.